The SMILES string of the molecule is c1ccc(-c2cc(-c3cccc4ccccc34)nc(-c3ccc(-c4ccc5c(c4)C4(c6ccccc6-c6ccccc64)c4c-5sc5ccccc45)cc3)n2)cc1. The van der Waals surface area contributed by atoms with Crippen molar-refractivity contribution in [3.63, 3.8) is 0 Å². The molecule has 56 heavy (non-hydrogen) atoms. The van der Waals surface area contributed by atoms with Crippen molar-refractivity contribution in [3.8, 4) is 66.6 Å². The molecule has 0 aliphatic heterocycles. The van der Waals surface area contributed by atoms with Gasteiger partial charge in [0, 0.05) is 26.3 Å². The lowest BCUT2D eigenvalue weighted by atomic mass is 9.70. The van der Waals surface area contributed by atoms with Crippen molar-refractivity contribution >= 4 is 32.2 Å². The Morgan fingerprint density at radius 3 is 1.79 bits per heavy atom. The van der Waals surface area contributed by atoms with Gasteiger partial charge in [-0.3, -0.25) is 0 Å². The average molecular weight is 729 g/mol. The highest BCUT2D eigenvalue weighted by molar-refractivity contribution is 7.22. The quantitative estimate of drug-likeness (QED) is 0.180. The number of aromatic nitrogens is 2. The van der Waals surface area contributed by atoms with E-state index >= 15 is 0 Å². The molecular formula is C53H32N2S. The molecular weight excluding hydrogens is 697 g/mol. The zero-order valence-electron chi connectivity index (χ0n) is 30.3. The molecule has 2 aliphatic carbocycles. The van der Waals surface area contributed by atoms with E-state index in [9.17, 15) is 0 Å². The minimum atomic E-state index is -0.392. The molecule has 0 atom stereocenters. The third kappa shape index (κ3) is 4.43. The second-order valence-corrected chi connectivity index (χ2v) is 15.9. The fourth-order valence-electron chi connectivity index (χ4n) is 9.50. The van der Waals surface area contributed by atoms with E-state index in [0.29, 0.717) is 5.82 Å². The lowest BCUT2D eigenvalue weighted by molar-refractivity contribution is 0.803. The largest absolute Gasteiger partial charge is 0.228 e. The number of nitrogens with zero attached hydrogens (tertiary/aromatic N) is 2. The Morgan fingerprint density at radius 1 is 0.375 bits per heavy atom. The minimum Gasteiger partial charge on any atom is -0.228 e. The molecule has 0 saturated carbocycles. The summed E-state index contributed by atoms with van der Waals surface area (Å²) in [6.45, 7) is 0. The highest BCUT2D eigenvalue weighted by atomic mass is 32.1. The van der Waals surface area contributed by atoms with Crippen LogP contribution >= 0.6 is 11.3 Å². The van der Waals surface area contributed by atoms with Crippen LogP contribution in [0, 0.1) is 0 Å². The van der Waals surface area contributed by atoms with Crippen LogP contribution in [0.1, 0.15) is 22.3 Å². The summed E-state index contributed by atoms with van der Waals surface area (Å²) in [5.41, 5.74) is 16.5. The van der Waals surface area contributed by atoms with Crippen molar-refractivity contribution in [2.24, 2.45) is 0 Å². The predicted octanol–water partition coefficient (Wildman–Crippen LogP) is 13.9. The maximum Gasteiger partial charge on any atom is 0.160 e. The van der Waals surface area contributed by atoms with Gasteiger partial charge in [-0.15, -0.1) is 11.3 Å². The van der Waals surface area contributed by atoms with Crippen molar-refractivity contribution in [1.82, 2.24) is 9.97 Å². The fraction of sp³-hybridized carbons (Fsp3) is 0.0189. The van der Waals surface area contributed by atoms with Crippen LogP contribution in [0.15, 0.2) is 194 Å². The van der Waals surface area contributed by atoms with Gasteiger partial charge in [-0.25, -0.2) is 9.97 Å². The summed E-state index contributed by atoms with van der Waals surface area (Å²) < 4.78 is 1.34. The molecule has 0 radical (unpaired) electrons. The van der Waals surface area contributed by atoms with E-state index in [1.807, 2.05) is 17.4 Å². The van der Waals surface area contributed by atoms with Crippen molar-refractivity contribution in [2.75, 3.05) is 0 Å². The highest BCUT2D eigenvalue weighted by Crippen LogP contribution is 2.66. The number of fused-ring (bicyclic) bond motifs is 13. The van der Waals surface area contributed by atoms with E-state index in [1.54, 1.807) is 0 Å². The van der Waals surface area contributed by atoms with Crippen LogP contribution in [0.2, 0.25) is 0 Å². The van der Waals surface area contributed by atoms with Gasteiger partial charge < -0.3 is 0 Å². The summed E-state index contributed by atoms with van der Waals surface area (Å²) in [4.78, 5) is 11.8. The summed E-state index contributed by atoms with van der Waals surface area (Å²) in [5, 5.41) is 3.72. The van der Waals surface area contributed by atoms with Crippen LogP contribution in [0.5, 0.6) is 0 Å². The third-order valence-corrected chi connectivity index (χ3v) is 13.1. The van der Waals surface area contributed by atoms with Gasteiger partial charge in [-0.05, 0) is 84.4 Å². The Kier molecular flexibility index (Phi) is 6.75. The zero-order chi connectivity index (χ0) is 36.8. The molecule has 2 aromatic heterocycles. The van der Waals surface area contributed by atoms with E-state index in [4.69, 9.17) is 9.97 Å². The van der Waals surface area contributed by atoms with Gasteiger partial charge in [0.25, 0.3) is 0 Å². The van der Waals surface area contributed by atoms with E-state index in [-0.39, 0.29) is 0 Å². The molecule has 12 rings (SSSR count). The standard InChI is InChI=1S/C53H32N2S/c1-2-14-35(15-3-1)47-32-48(41-21-12-16-34-13-4-5-17-38(34)41)55-52(54-47)36-27-25-33(26-28-36)37-29-30-42-46(31-37)53(50-43-20-8-11-24-49(43)56-51(42)50)44-22-9-6-18-39(44)40-19-7-10-23-45(40)53/h1-32H. The normalized spacial score (nSPS) is 13.1. The first-order valence-corrected chi connectivity index (χ1v) is 20.0. The Labute approximate surface area is 329 Å². The lowest BCUT2D eigenvalue weighted by Gasteiger charge is -2.30. The Hall–Kier alpha value is -6.94. The van der Waals surface area contributed by atoms with Gasteiger partial charge >= 0.3 is 0 Å². The second kappa shape index (κ2) is 12.0. The van der Waals surface area contributed by atoms with Gasteiger partial charge in [0.15, 0.2) is 5.82 Å². The number of rotatable bonds is 4. The molecule has 10 aromatic rings. The molecule has 3 heteroatoms. The van der Waals surface area contributed by atoms with Gasteiger partial charge in [-0.2, -0.15) is 0 Å². The Balaban J connectivity index is 1.01. The Bertz CT molecular complexity index is 3140. The number of benzene rings is 8. The van der Waals surface area contributed by atoms with Crippen LogP contribution in [-0.2, 0) is 5.41 Å². The molecule has 0 saturated heterocycles. The van der Waals surface area contributed by atoms with Gasteiger partial charge in [0.2, 0.25) is 0 Å². The van der Waals surface area contributed by atoms with Crippen LogP contribution in [0.25, 0.3) is 87.5 Å². The van der Waals surface area contributed by atoms with Crippen LogP contribution in [-0.4, -0.2) is 9.97 Å². The Morgan fingerprint density at radius 2 is 0.982 bits per heavy atom. The van der Waals surface area contributed by atoms with Crippen molar-refractivity contribution in [1.29, 1.82) is 0 Å². The first-order chi connectivity index (χ1) is 27.8. The molecule has 1 spiro atoms. The summed E-state index contributed by atoms with van der Waals surface area (Å²) in [5.74, 6) is 0.712. The first-order valence-electron chi connectivity index (χ1n) is 19.2. The van der Waals surface area contributed by atoms with Crippen LogP contribution < -0.4 is 0 Å². The lowest BCUT2D eigenvalue weighted by Crippen LogP contribution is -2.25. The van der Waals surface area contributed by atoms with Crippen molar-refractivity contribution in [2.45, 2.75) is 5.41 Å². The van der Waals surface area contributed by atoms with E-state index in [1.165, 1.54) is 75.8 Å². The topological polar surface area (TPSA) is 25.8 Å². The predicted molar refractivity (Wildman–Crippen MR) is 233 cm³/mol. The number of thiophene rings is 1. The molecule has 0 unspecified atom stereocenters. The first kappa shape index (κ1) is 31.4. The maximum atomic E-state index is 5.22. The number of hydrogen-bond donors (Lipinski definition) is 0. The summed E-state index contributed by atoms with van der Waals surface area (Å²) in [6, 6.07) is 70.5. The summed E-state index contributed by atoms with van der Waals surface area (Å²) >= 11 is 1.93. The smallest absolute Gasteiger partial charge is 0.160 e. The molecule has 0 amide bonds. The minimum absolute atomic E-state index is 0.392. The van der Waals surface area contributed by atoms with Crippen molar-refractivity contribution in [3.05, 3.63) is 216 Å². The van der Waals surface area contributed by atoms with Gasteiger partial charge in [-0.1, -0.05) is 176 Å². The fourth-order valence-corrected chi connectivity index (χ4v) is 10.8. The third-order valence-electron chi connectivity index (χ3n) is 11.9. The maximum absolute atomic E-state index is 5.22. The molecule has 0 N–H and O–H groups in total. The molecule has 0 bridgehead atoms. The molecule has 0 fully saturated rings. The van der Waals surface area contributed by atoms with Crippen molar-refractivity contribution < 1.29 is 0 Å². The van der Waals surface area contributed by atoms with Gasteiger partial charge in [0.05, 0.1) is 16.8 Å². The summed E-state index contributed by atoms with van der Waals surface area (Å²) in [6.07, 6.45) is 0. The highest BCUT2D eigenvalue weighted by Gasteiger charge is 2.53. The van der Waals surface area contributed by atoms with Gasteiger partial charge in [0.1, 0.15) is 0 Å². The molecule has 2 aliphatic rings. The van der Waals surface area contributed by atoms with E-state index in [2.05, 4.69) is 188 Å². The summed E-state index contributed by atoms with van der Waals surface area (Å²) in [7, 11) is 0. The molecule has 8 aromatic carbocycles. The number of hydrogen-bond acceptors (Lipinski definition) is 3. The second-order valence-electron chi connectivity index (χ2n) is 14.8. The molecule has 260 valence electrons. The average Bonchev–Trinajstić information content (AvgIpc) is 3.90. The van der Waals surface area contributed by atoms with Crippen LogP contribution in [0.4, 0.5) is 0 Å². The molecule has 2 nitrogen and oxygen atoms in total. The van der Waals surface area contributed by atoms with E-state index < -0.39 is 5.41 Å². The van der Waals surface area contributed by atoms with E-state index in [0.717, 1.165) is 28.1 Å². The van der Waals surface area contributed by atoms with Crippen LogP contribution in [0.3, 0.4) is 0 Å². The zero-order valence-corrected chi connectivity index (χ0v) is 31.1. The monoisotopic (exact) mass is 728 g/mol. The molecule has 2 heterocycles.